The Morgan fingerprint density at radius 1 is 0.885 bits per heavy atom. The molecule has 0 aromatic heterocycles. The van der Waals surface area contributed by atoms with Crippen LogP contribution in [0.15, 0.2) is 52.6 Å². The molecule has 3 nitrogen and oxygen atoms in total. The predicted molar refractivity (Wildman–Crippen MR) is 99.1 cm³/mol. The molecule has 4 bridgehead atoms. The molecule has 1 aromatic rings. The Hall–Kier alpha value is -2.16. The molecule has 2 saturated carbocycles. The molecule has 1 aliphatic heterocycles. The van der Waals surface area contributed by atoms with E-state index < -0.39 is 0 Å². The second-order valence-corrected chi connectivity index (χ2v) is 8.93. The first kappa shape index (κ1) is 15.0. The van der Waals surface area contributed by atoms with Crippen LogP contribution >= 0.6 is 0 Å². The van der Waals surface area contributed by atoms with Gasteiger partial charge in [0.1, 0.15) is 0 Å². The van der Waals surface area contributed by atoms with Gasteiger partial charge in [-0.2, -0.15) is 0 Å². The Balaban J connectivity index is 1.51. The van der Waals surface area contributed by atoms with Gasteiger partial charge in [-0.15, -0.1) is 0 Å². The zero-order valence-corrected chi connectivity index (χ0v) is 15.2. The highest BCUT2D eigenvalue weighted by atomic mass is 16.2. The van der Waals surface area contributed by atoms with Gasteiger partial charge in [0.05, 0.1) is 17.5 Å². The summed E-state index contributed by atoms with van der Waals surface area (Å²) in [7, 11) is 0. The van der Waals surface area contributed by atoms with Crippen molar-refractivity contribution in [3.8, 4) is 0 Å². The maximum absolute atomic E-state index is 13.4. The van der Waals surface area contributed by atoms with Crippen molar-refractivity contribution in [2.24, 2.45) is 35.5 Å². The number of amides is 2. The SMILES string of the molecule is CC(C)=C1[C@@H]2C3=C([C@@H]4CC[C@H]3C4)[C@H]1[C@@H]1C(=O)N(c3ccccc3)C(=O)[C@H]21. The molecular formula is C23H23NO2. The van der Waals surface area contributed by atoms with Crippen LogP contribution in [0.25, 0.3) is 0 Å². The molecule has 3 heteroatoms. The van der Waals surface area contributed by atoms with Crippen LogP contribution in [0.3, 0.4) is 0 Å². The number of benzene rings is 1. The quantitative estimate of drug-likeness (QED) is 0.436. The molecule has 132 valence electrons. The summed E-state index contributed by atoms with van der Waals surface area (Å²) in [4.78, 5) is 28.3. The summed E-state index contributed by atoms with van der Waals surface area (Å²) in [5, 5.41) is 0. The average molecular weight is 345 g/mol. The number of para-hydroxylation sites is 1. The van der Waals surface area contributed by atoms with Crippen molar-refractivity contribution < 1.29 is 9.59 Å². The minimum atomic E-state index is -0.157. The lowest BCUT2D eigenvalue weighted by molar-refractivity contribution is -0.123. The number of nitrogens with zero attached hydrogens (tertiary/aromatic N) is 1. The summed E-state index contributed by atoms with van der Waals surface area (Å²) in [6.07, 6.45) is 3.84. The van der Waals surface area contributed by atoms with Gasteiger partial charge in [-0.25, -0.2) is 4.90 Å². The zero-order chi connectivity index (χ0) is 17.7. The lowest BCUT2D eigenvalue weighted by Crippen LogP contribution is -2.33. The van der Waals surface area contributed by atoms with Gasteiger partial charge in [0.2, 0.25) is 11.8 Å². The maximum atomic E-state index is 13.4. The van der Waals surface area contributed by atoms with Crippen LogP contribution in [-0.4, -0.2) is 11.8 Å². The Labute approximate surface area is 153 Å². The van der Waals surface area contributed by atoms with Gasteiger partial charge < -0.3 is 0 Å². The van der Waals surface area contributed by atoms with Crippen molar-refractivity contribution in [3.05, 3.63) is 52.6 Å². The summed E-state index contributed by atoms with van der Waals surface area (Å²) in [5.74, 6) is 1.53. The second-order valence-electron chi connectivity index (χ2n) is 8.93. The van der Waals surface area contributed by atoms with Gasteiger partial charge in [0.25, 0.3) is 0 Å². The van der Waals surface area contributed by atoms with E-state index in [0.29, 0.717) is 11.8 Å². The molecule has 0 spiro atoms. The molecule has 2 amide bonds. The number of allylic oxidation sites excluding steroid dienone is 4. The largest absolute Gasteiger partial charge is 0.274 e. The van der Waals surface area contributed by atoms with Crippen LogP contribution in [-0.2, 0) is 9.59 Å². The van der Waals surface area contributed by atoms with E-state index in [1.807, 2.05) is 30.3 Å². The van der Waals surface area contributed by atoms with Crippen LogP contribution in [0.2, 0.25) is 0 Å². The Bertz CT molecular complexity index is 873. The summed E-state index contributed by atoms with van der Waals surface area (Å²) in [6, 6.07) is 9.49. The average Bonchev–Trinajstić information content (AvgIpc) is 3.40. The van der Waals surface area contributed by atoms with Crippen LogP contribution in [0.1, 0.15) is 33.1 Å². The van der Waals surface area contributed by atoms with E-state index >= 15 is 0 Å². The number of carbonyl (C=O) groups is 2. The molecule has 6 rings (SSSR count). The number of fused-ring (bicyclic) bond motifs is 11. The number of carbonyl (C=O) groups excluding carboxylic acids is 2. The smallest absolute Gasteiger partial charge is 0.238 e. The maximum Gasteiger partial charge on any atom is 0.238 e. The van der Waals surface area contributed by atoms with E-state index in [9.17, 15) is 9.59 Å². The van der Waals surface area contributed by atoms with Crippen LogP contribution in [0, 0.1) is 35.5 Å². The highest BCUT2D eigenvalue weighted by Crippen LogP contribution is 2.70. The first-order chi connectivity index (χ1) is 12.6. The molecule has 26 heavy (non-hydrogen) atoms. The third-order valence-corrected chi connectivity index (χ3v) is 7.69. The van der Waals surface area contributed by atoms with E-state index in [1.165, 1.54) is 35.3 Å². The topological polar surface area (TPSA) is 37.4 Å². The number of anilines is 1. The molecule has 4 aliphatic carbocycles. The first-order valence-electron chi connectivity index (χ1n) is 9.93. The zero-order valence-electron chi connectivity index (χ0n) is 15.2. The monoisotopic (exact) mass is 345 g/mol. The molecule has 0 unspecified atom stereocenters. The van der Waals surface area contributed by atoms with Crippen LogP contribution in [0.5, 0.6) is 0 Å². The Kier molecular flexibility index (Phi) is 2.74. The van der Waals surface area contributed by atoms with Crippen molar-refractivity contribution in [3.63, 3.8) is 0 Å². The number of rotatable bonds is 1. The third-order valence-electron chi connectivity index (χ3n) is 7.69. The van der Waals surface area contributed by atoms with Crippen molar-refractivity contribution in [2.45, 2.75) is 33.1 Å². The second kappa shape index (κ2) is 4.76. The normalized spacial score (nSPS) is 39.3. The van der Waals surface area contributed by atoms with Crippen molar-refractivity contribution in [1.82, 2.24) is 0 Å². The van der Waals surface area contributed by atoms with Crippen molar-refractivity contribution in [1.29, 1.82) is 0 Å². The van der Waals surface area contributed by atoms with Gasteiger partial charge in [-0.3, -0.25) is 9.59 Å². The Morgan fingerprint density at radius 2 is 1.42 bits per heavy atom. The molecule has 6 atom stereocenters. The predicted octanol–water partition coefficient (Wildman–Crippen LogP) is 4.11. The van der Waals surface area contributed by atoms with Gasteiger partial charge in [0.15, 0.2) is 0 Å². The van der Waals surface area contributed by atoms with Gasteiger partial charge >= 0.3 is 0 Å². The minimum Gasteiger partial charge on any atom is -0.274 e. The van der Waals surface area contributed by atoms with E-state index in [-0.39, 0.29) is 35.5 Å². The highest BCUT2D eigenvalue weighted by molar-refractivity contribution is 6.23. The van der Waals surface area contributed by atoms with E-state index in [2.05, 4.69) is 13.8 Å². The van der Waals surface area contributed by atoms with Crippen molar-refractivity contribution >= 4 is 17.5 Å². The standard InChI is InChI=1S/C23H23NO2/c1-11(2)15-18-16-12-8-9-13(10-12)17(16)19(15)21-20(18)22(25)24(23(21)26)14-6-4-3-5-7-14/h3-7,12-13,18-21H,8-10H2,1-2H3/t12-,13+,18+,19-,20+,21-. The molecule has 1 aromatic carbocycles. The number of hydrogen-bond acceptors (Lipinski definition) is 2. The molecular weight excluding hydrogens is 322 g/mol. The molecule has 5 aliphatic rings. The summed E-state index contributed by atoms with van der Waals surface area (Å²) in [6.45, 7) is 4.34. The van der Waals surface area contributed by atoms with Gasteiger partial charge in [-0.1, -0.05) is 40.5 Å². The highest BCUT2D eigenvalue weighted by Gasteiger charge is 2.69. The van der Waals surface area contributed by atoms with Crippen molar-refractivity contribution in [2.75, 3.05) is 4.90 Å². The molecule has 0 radical (unpaired) electrons. The van der Waals surface area contributed by atoms with Crippen LogP contribution < -0.4 is 4.90 Å². The first-order valence-corrected chi connectivity index (χ1v) is 9.93. The third kappa shape index (κ3) is 1.53. The van der Waals surface area contributed by atoms with E-state index in [0.717, 1.165) is 5.69 Å². The van der Waals surface area contributed by atoms with Crippen LogP contribution in [0.4, 0.5) is 5.69 Å². The summed E-state index contributed by atoms with van der Waals surface area (Å²) in [5.41, 5.74) is 6.66. The summed E-state index contributed by atoms with van der Waals surface area (Å²) >= 11 is 0. The van der Waals surface area contributed by atoms with Gasteiger partial charge in [0, 0.05) is 11.8 Å². The van der Waals surface area contributed by atoms with Gasteiger partial charge in [-0.05, 0) is 57.1 Å². The minimum absolute atomic E-state index is 0.0340. The fourth-order valence-electron chi connectivity index (χ4n) is 7.05. The fraction of sp³-hybridized carbons (Fsp3) is 0.478. The summed E-state index contributed by atoms with van der Waals surface area (Å²) < 4.78 is 0. The Morgan fingerprint density at radius 3 is 1.92 bits per heavy atom. The lowest BCUT2D eigenvalue weighted by Gasteiger charge is -2.28. The number of hydrogen-bond donors (Lipinski definition) is 0. The molecule has 3 fully saturated rings. The fourth-order valence-corrected chi connectivity index (χ4v) is 7.05. The molecule has 0 N–H and O–H groups in total. The number of imide groups is 1. The van der Waals surface area contributed by atoms with E-state index in [4.69, 9.17) is 0 Å². The lowest BCUT2D eigenvalue weighted by atomic mass is 9.72. The molecule has 1 saturated heterocycles. The van der Waals surface area contributed by atoms with E-state index in [1.54, 1.807) is 11.1 Å². The molecule has 1 heterocycles.